The van der Waals surface area contributed by atoms with Crippen molar-refractivity contribution < 1.29 is 18.7 Å². The van der Waals surface area contributed by atoms with E-state index in [2.05, 4.69) is 4.98 Å². The molecule has 0 aliphatic carbocycles. The number of hydrogen-bond acceptors (Lipinski definition) is 4. The molecule has 5 nitrogen and oxygen atoms in total. The molecule has 0 saturated carbocycles. The molecule has 3 rings (SSSR count). The van der Waals surface area contributed by atoms with Crippen LogP contribution in [0, 0.1) is 11.7 Å². The van der Waals surface area contributed by atoms with E-state index in [0.717, 1.165) is 5.69 Å². The van der Waals surface area contributed by atoms with Crippen LogP contribution in [0.4, 0.5) is 4.39 Å². The van der Waals surface area contributed by atoms with Crippen molar-refractivity contribution in [3.63, 3.8) is 0 Å². The third kappa shape index (κ3) is 3.35. The highest BCUT2D eigenvalue weighted by molar-refractivity contribution is 5.98. The van der Waals surface area contributed by atoms with E-state index >= 15 is 0 Å². The predicted molar refractivity (Wildman–Crippen MR) is 100 cm³/mol. The van der Waals surface area contributed by atoms with Crippen LogP contribution in [0.3, 0.4) is 0 Å². The topological polar surface area (TPSA) is 60.7 Å². The third-order valence-electron chi connectivity index (χ3n) is 4.51. The standard InChI is InChI=1S/C21H21FN2O3/c1-5-17-19(13-6-7-15(16(22)10-13)20(25)12(2)3)23-18-11-14(21(26)27-4)8-9-24(17)18/h6-12H,5H2,1-4H3. The lowest BCUT2D eigenvalue weighted by Crippen LogP contribution is -2.09. The number of nitrogens with zero attached hydrogens (tertiary/aromatic N) is 2. The Balaban J connectivity index is 2.12. The molecule has 0 saturated heterocycles. The lowest BCUT2D eigenvalue weighted by atomic mass is 9.98. The number of aryl methyl sites for hydroxylation is 1. The van der Waals surface area contributed by atoms with Gasteiger partial charge < -0.3 is 9.14 Å². The number of rotatable bonds is 5. The number of methoxy groups -OCH3 is 1. The number of ketones is 1. The van der Waals surface area contributed by atoms with E-state index in [4.69, 9.17) is 4.74 Å². The van der Waals surface area contributed by atoms with Crippen LogP contribution in [-0.2, 0) is 11.2 Å². The highest BCUT2D eigenvalue weighted by atomic mass is 19.1. The summed E-state index contributed by atoms with van der Waals surface area (Å²) in [5.41, 5.74) is 3.17. The van der Waals surface area contributed by atoms with Crippen molar-refractivity contribution in [1.29, 1.82) is 0 Å². The van der Waals surface area contributed by atoms with Crippen LogP contribution >= 0.6 is 0 Å². The van der Waals surface area contributed by atoms with E-state index in [1.54, 1.807) is 38.2 Å². The van der Waals surface area contributed by atoms with Gasteiger partial charge in [-0.05, 0) is 30.7 Å². The first-order valence-electron chi connectivity index (χ1n) is 8.80. The second kappa shape index (κ2) is 7.31. The molecule has 2 heterocycles. The van der Waals surface area contributed by atoms with Gasteiger partial charge in [0, 0.05) is 17.7 Å². The molecule has 0 bridgehead atoms. The maximum absolute atomic E-state index is 14.5. The number of carbonyl (C=O) groups excluding carboxylic acids is 2. The molecule has 0 amide bonds. The first kappa shape index (κ1) is 18.8. The fourth-order valence-electron chi connectivity index (χ4n) is 3.08. The fraction of sp³-hybridized carbons (Fsp3) is 0.286. The van der Waals surface area contributed by atoms with Gasteiger partial charge in [0.1, 0.15) is 11.5 Å². The van der Waals surface area contributed by atoms with Gasteiger partial charge in [0.2, 0.25) is 0 Å². The molecule has 0 spiro atoms. The van der Waals surface area contributed by atoms with E-state index in [1.807, 2.05) is 11.3 Å². The number of pyridine rings is 1. The van der Waals surface area contributed by atoms with Gasteiger partial charge >= 0.3 is 5.97 Å². The summed E-state index contributed by atoms with van der Waals surface area (Å²) in [6.07, 6.45) is 2.42. The zero-order valence-corrected chi connectivity index (χ0v) is 15.7. The molecule has 1 aromatic carbocycles. The van der Waals surface area contributed by atoms with E-state index in [1.165, 1.54) is 19.2 Å². The summed E-state index contributed by atoms with van der Waals surface area (Å²) in [5, 5.41) is 0. The van der Waals surface area contributed by atoms with Crippen molar-refractivity contribution in [2.75, 3.05) is 7.11 Å². The average Bonchev–Trinajstić information content (AvgIpc) is 3.04. The number of hydrogen-bond donors (Lipinski definition) is 0. The number of carbonyl (C=O) groups is 2. The first-order valence-corrected chi connectivity index (χ1v) is 8.80. The summed E-state index contributed by atoms with van der Waals surface area (Å²) in [5.74, 6) is -1.50. The zero-order valence-electron chi connectivity index (χ0n) is 15.7. The van der Waals surface area contributed by atoms with Gasteiger partial charge in [-0.2, -0.15) is 0 Å². The third-order valence-corrected chi connectivity index (χ3v) is 4.51. The number of halogens is 1. The highest BCUT2D eigenvalue weighted by Crippen LogP contribution is 2.28. The molecule has 27 heavy (non-hydrogen) atoms. The molecule has 0 atom stereocenters. The van der Waals surface area contributed by atoms with Crippen LogP contribution in [0.2, 0.25) is 0 Å². The highest BCUT2D eigenvalue weighted by Gasteiger charge is 2.19. The summed E-state index contributed by atoms with van der Waals surface area (Å²) in [6.45, 7) is 5.46. The zero-order chi connectivity index (χ0) is 19.7. The van der Waals surface area contributed by atoms with Gasteiger partial charge in [0.15, 0.2) is 5.78 Å². The Morgan fingerprint density at radius 1 is 1.22 bits per heavy atom. The molecular weight excluding hydrogens is 347 g/mol. The van der Waals surface area contributed by atoms with Crippen LogP contribution in [0.1, 0.15) is 47.2 Å². The number of fused-ring (bicyclic) bond motifs is 1. The molecule has 0 N–H and O–H groups in total. The van der Waals surface area contributed by atoms with Crippen molar-refractivity contribution in [1.82, 2.24) is 9.38 Å². The Morgan fingerprint density at radius 2 is 1.96 bits per heavy atom. The maximum Gasteiger partial charge on any atom is 0.338 e. The largest absolute Gasteiger partial charge is 0.465 e. The molecule has 0 radical (unpaired) electrons. The van der Waals surface area contributed by atoms with Crippen molar-refractivity contribution >= 4 is 17.4 Å². The minimum Gasteiger partial charge on any atom is -0.465 e. The van der Waals surface area contributed by atoms with Crippen LogP contribution in [0.25, 0.3) is 16.9 Å². The Morgan fingerprint density at radius 3 is 2.56 bits per heavy atom. The SMILES string of the molecule is CCc1c(-c2ccc(C(=O)C(C)C)c(F)c2)nc2cc(C(=O)OC)ccn12. The van der Waals surface area contributed by atoms with Gasteiger partial charge in [-0.15, -0.1) is 0 Å². The van der Waals surface area contributed by atoms with E-state index in [-0.39, 0.29) is 17.3 Å². The Labute approximate surface area is 156 Å². The molecular formula is C21H21FN2O3. The van der Waals surface area contributed by atoms with Gasteiger partial charge in [-0.1, -0.05) is 26.8 Å². The molecule has 0 aliphatic heterocycles. The minimum atomic E-state index is -0.555. The normalized spacial score (nSPS) is 11.2. The summed E-state index contributed by atoms with van der Waals surface area (Å²) in [7, 11) is 1.32. The number of benzene rings is 1. The van der Waals surface area contributed by atoms with Gasteiger partial charge in [0.25, 0.3) is 0 Å². The molecule has 0 fully saturated rings. The number of esters is 1. The number of aromatic nitrogens is 2. The summed E-state index contributed by atoms with van der Waals surface area (Å²) >= 11 is 0. The van der Waals surface area contributed by atoms with Crippen LogP contribution in [0.15, 0.2) is 36.5 Å². The van der Waals surface area contributed by atoms with Crippen LogP contribution < -0.4 is 0 Å². The van der Waals surface area contributed by atoms with Gasteiger partial charge in [0.05, 0.1) is 29.6 Å². The second-order valence-electron chi connectivity index (χ2n) is 6.61. The van der Waals surface area contributed by atoms with E-state index in [0.29, 0.717) is 28.9 Å². The quantitative estimate of drug-likeness (QED) is 0.497. The van der Waals surface area contributed by atoms with E-state index in [9.17, 15) is 14.0 Å². The Hall–Kier alpha value is -3.02. The molecule has 6 heteroatoms. The van der Waals surface area contributed by atoms with Crippen LogP contribution in [0.5, 0.6) is 0 Å². The predicted octanol–water partition coefficient (Wildman–Crippen LogP) is 4.33. The van der Waals surface area contributed by atoms with Crippen LogP contribution in [-0.4, -0.2) is 28.2 Å². The molecule has 0 aliphatic rings. The summed E-state index contributed by atoms with van der Waals surface area (Å²) < 4.78 is 21.2. The molecule has 3 aromatic rings. The minimum absolute atomic E-state index is 0.0866. The van der Waals surface area contributed by atoms with Crippen molar-refractivity contribution in [3.8, 4) is 11.3 Å². The number of Topliss-reactive ketones (excluding diaryl/α,β-unsaturated/α-hetero) is 1. The lowest BCUT2D eigenvalue weighted by molar-refractivity contribution is 0.0600. The van der Waals surface area contributed by atoms with Crippen molar-refractivity contribution in [2.24, 2.45) is 5.92 Å². The second-order valence-corrected chi connectivity index (χ2v) is 6.61. The number of imidazole rings is 1. The molecule has 140 valence electrons. The Kier molecular flexibility index (Phi) is 5.08. The summed E-state index contributed by atoms with van der Waals surface area (Å²) in [6, 6.07) is 7.87. The lowest BCUT2D eigenvalue weighted by Gasteiger charge is -2.08. The monoisotopic (exact) mass is 368 g/mol. The summed E-state index contributed by atoms with van der Waals surface area (Å²) in [4.78, 5) is 28.4. The van der Waals surface area contributed by atoms with E-state index < -0.39 is 11.8 Å². The average molecular weight is 368 g/mol. The van der Waals surface area contributed by atoms with Gasteiger partial charge in [-0.3, -0.25) is 4.79 Å². The fourth-order valence-corrected chi connectivity index (χ4v) is 3.08. The first-order chi connectivity index (χ1) is 12.9. The maximum atomic E-state index is 14.5. The molecule has 0 unspecified atom stereocenters. The van der Waals surface area contributed by atoms with Crippen molar-refractivity contribution in [2.45, 2.75) is 27.2 Å². The Bertz CT molecular complexity index is 1040. The van der Waals surface area contributed by atoms with Gasteiger partial charge in [-0.25, -0.2) is 14.2 Å². The number of ether oxygens (including phenoxy) is 1. The molecule has 2 aromatic heterocycles. The van der Waals surface area contributed by atoms with Crippen molar-refractivity contribution in [3.05, 3.63) is 59.2 Å². The smallest absolute Gasteiger partial charge is 0.338 e.